The van der Waals surface area contributed by atoms with Crippen LogP contribution in [0.25, 0.3) is 0 Å². The summed E-state index contributed by atoms with van der Waals surface area (Å²) in [4.78, 5) is 17.9. The molecule has 0 aliphatic heterocycles. The van der Waals surface area contributed by atoms with Crippen molar-refractivity contribution in [3.05, 3.63) is 44.9 Å². The van der Waals surface area contributed by atoms with Gasteiger partial charge in [0.15, 0.2) is 5.13 Å². The molecule has 1 aliphatic carbocycles. The van der Waals surface area contributed by atoms with Gasteiger partial charge in [0.25, 0.3) is 0 Å². The van der Waals surface area contributed by atoms with E-state index in [9.17, 15) is 4.79 Å². The number of hydrogen-bond donors (Lipinski definition) is 1. The molecule has 22 heavy (non-hydrogen) atoms. The lowest BCUT2D eigenvalue weighted by molar-refractivity contribution is -0.116. The highest BCUT2D eigenvalue weighted by atomic mass is 35.5. The molecule has 0 spiro atoms. The van der Waals surface area contributed by atoms with Gasteiger partial charge < -0.3 is 5.32 Å². The molecule has 3 rings (SSSR count). The van der Waals surface area contributed by atoms with Gasteiger partial charge in [0.05, 0.1) is 5.69 Å². The minimum absolute atomic E-state index is 0.0165. The average molecular weight is 335 g/mol. The number of benzene rings is 1. The smallest absolute Gasteiger partial charge is 0.226 e. The summed E-state index contributed by atoms with van der Waals surface area (Å²) in [7, 11) is 0. The highest BCUT2D eigenvalue weighted by Crippen LogP contribution is 2.29. The van der Waals surface area contributed by atoms with Gasteiger partial charge in [-0.25, -0.2) is 4.98 Å². The Morgan fingerprint density at radius 2 is 2.18 bits per heavy atom. The molecule has 0 saturated heterocycles. The lowest BCUT2D eigenvalue weighted by Gasteiger charge is -2.06. The lowest BCUT2D eigenvalue weighted by Crippen LogP contribution is -2.12. The predicted octanol–water partition coefficient (Wildman–Crippen LogP) is 4.56. The maximum Gasteiger partial charge on any atom is 0.226 e. The van der Waals surface area contributed by atoms with Crippen molar-refractivity contribution in [1.82, 2.24) is 4.98 Å². The highest BCUT2D eigenvalue weighted by molar-refractivity contribution is 7.15. The first-order chi connectivity index (χ1) is 10.6. The van der Waals surface area contributed by atoms with E-state index in [0.29, 0.717) is 12.8 Å². The van der Waals surface area contributed by atoms with Crippen molar-refractivity contribution in [2.24, 2.45) is 0 Å². The minimum atomic E-state index is 0.0165. The van der Waals surface area contributed by atoms with Gasteiger partial charge in [0.1, 0.15) is 0 Å². The van der Waals surface area contributed by atoms with E-state index in [1.54, 1.807) is 11.3 Å². The van der Waals surface area contributed by atoms with Gasteiger partial charge in [-0.3, -0.25) is 4.79 Å². The molecule has 1 aromatic carbocycles. The lowest BCUT2D eigenvalue weighted by atomic mass is 10.0. The topological polar surface area (TPSA) is 42.0 Å². The van der Waals surface area contributed by atoms with E-state index in [1.807, 2.05) is 25.1 Å². The standard InChI is InChI=1S/C17H19ClN2OS/c1-11-6-7-12(10-13(11)18)8-9-16(21)20-17-19-14-4-2-3-5-15(14)22-17/h6-7,10H,2-5,8-9H2,1H3,(H,19,20,21). The van der Waals surface area contributed by atoms with Crippen LogP contribution in [0.5, 0.6) is 0 Å². The number of hydrogen-bond acceptors (Lipinski definition) is 3. The van der Waals surface area contributed by atoms with Crippen LogP contribution in [0.2, 0.25) is 5.02 Å². The molecule has 0 bridgehead atoms. The number of rotatable bonds is 4. The molecular formula is C17H19ClN2OS. The molecule has 2 aromatic rings. The number of amides is 1. The van der Waals surface area contributed by atoms with E-state index in [-0.39, 0.29) is 5.91 Å². The first-order valence-corrected chi connectivity index (χ1v) is 8.85. The average Bonchev–Trinajstić information content (AvgIpc) is 2.90. The minimum Gasteiger partial charge on any atom is -0.302 e. The van der Waals surface area contributed by atoms with Crippen molar-refractivity contribution in [3.8, 4) is 0 Å². The molecule has 1 heterocycles. The maximum atomic E-state index is 12.1. The van der Waals surface area contributed by atoms with E-state index >= 15 is 0 Å². The van der Waals surface area contributed by atoms with Crippen LogP contribution in [0.3, 0.4) is 0 Å². The Labute approximate surface area is 139 Å². The van der Waals surface area contributed by atoms with Gasteiger partial charge >= 0.3 is 0 Å². The molecular weight excluding hydrogens is 316 g/mol. The first-order valence-electron chi connectivity index (χ1n) is 7.65. The number of carbonyl (C=O) groups excluding carboxylic acids is 1. The summed E-state index contributed by atoms with van der Waals surface area (Å²) in [5.74, 6) is 0.0165. The van der Waals surface area contributed by atoms with Crippen LogP contribution in [0.1, 0.15) is 41.0 Å². The SMILES string of the molecule is Cc1ccc(CCC(=O)Nc2nc3c(s2)CCCC3)cc1Cl. The molecule has 0 fully saturated rings. The van der Waals surface area contributed by atoms with Gasteiger partial charge in [-0.15, -0.1) is 11.3 Å². The Morgan fingerprint density at radius 1 is 1.36 bits per heavy atom. The van der Waals surface area contributed by atoms with Gasteiger partial charge in [-0.05, 0) is 56.2 Å². The van der Waals surface area contributed by atoms with E-state index < -0.39 is 0 Å². The third kappa shape index (κ3) is 3.68. The maximum absolute atomic E-state index is 12.1. The van der Waals surface area contributed by atoms with Crippen molar-refractivity contribution in [2.75, 3.05) is 5.32 Å². The summed E-state index contributed by atoms with van der Waals surface area (Å²) in [6.07, 6.45) is 5.73. The van der Waals surface area contributed by atoms with E-state index in [0.717, 1.165) is 34.1 Å². The normalized spacial score (nSPS) is 13.7. The van der Waals surface area contributed by atoms with Crippen LogP contribution in [-0.4, -0.2) is 10.9 Å². The second-order valence-corrected chi connectivity index (χ2v) is 7.22. The zero-order valence-corrected chi connectivity index (χ0v) is 14.2. The van der Waals surface area contributed by atoms with Gasteiger partial charge in [0, 0.05) is 16.3 Å². The highest BCUT2D eigenvalue weighted by Gasteiger charge is 2.16. The second kappa shape index (κ2) is 6.80. The van der Waals surface area contributed by atoms with Crippen molar-refractivity contribution < 1.29 is 4.79 Å². The summed E-state index contributed by atoms with van der Waals surface area (Å²) in [6, 6.07) is 5.95. The number of anilines is 1. The van der Waals surface area contributed by atoms with Crippen LogP contribution >= 0.6 is 22.9 Å². The Bertz CT molecular complexity index is 672. The molecule has 3 nitrogen and oxygen atoms in total. The van der Waals surface area contributed by atoms with Crippen LogP contribution in [0.4, 0.5) is 5.13 Å². The third-order valence-corrected chi connectivity index (χ3v) is 5.45. The van der Waals surface area contributed by atoms with Crippen molar-refractivity contribution in [1.29, 1.82) is 0 Å². The number of aryl methyl sites for hydroxylation is 4. The number of nitrogens with zero attached hydrogens (tertiary/aromatic N) is 1. The summed E-state index contributed by atoms with van der Waals surface area (Å²) < 4.78 is 0. The fourth-order valence-electron chi connectivity index (χ4n) is 2.64. The second-order valence-electron chi connectivity index (χ2n) is 5.73. The molecule has 1 aromatic heterocycles. The Hall–Kier alpha value is -1.39. The van der Waals surface area contributed by atoms with Crippen LogP contribution in [0.15, 0.2) is 18.2 Å². The molecule has 116 valence electrons. The summed E-state index contributed by atoms with van der Waals surface area (Å²) in [5.41, 5.74) is 3.32. The molecule has 5 heteroatoms. The van der Waals surface area contributed by atoms with Gasteiger partial charge in [-0.2, -0.15) is 0 Å². The fourth-order valence-corrected chi connectivity index (χ4v) is 3.91. The Morgan fingerprint density at radius 3 is 2.95 bits per heavy atom. The monoisotopic (exact) mass is 334 g/mol. The van der Waals surface area contributed by atoms with E-state index in [2.05, 4.69) is 10.3 Å². The first kappa shape index (κ1) is 15.5. The Kier molecular flexibility index (Phi) is 4.79. The third-order valence-electron chi connectivity index (χ3n) is 3.97. The number of nitrogens with one attached hydrogen (secondary N) is 1. The largest absolute Gasteiger partial charge is 0.302 e. The van der Waals surface area contributed by atoms with Crippen LogP contribution in [-0.2, 0) is 24.1 Å². The molecule has 1 amide bonds. The van der Waals surface area contributed by atoms with Crippen molar-refractivity contribution >= 4 is 34.0 Å². The van der Waals surface area contributed by atoms with E-state index in [4.69, 9.17) is 11.6 Å². The summed E-state index contributed by atoms with van der Waals surface area (Å²) in [6.45, 7) is 1.98. The van der Waals surface area contributed by atoms with Crippen molar-refractivity contribution in [2.45, 2.75) is 45.4 Å². The van der Waals surface area contributed by atoms with E-state index in [1.165, 1.54) is 23.4 Å². The zero-order valence-electron chi connectivity index (χ0n) is 12.6. The summed E-state index contributed by atoms with van der Waals surface area (Å²) in [5, 5.41) is 4.43. The molecule has 1 N–H and O–H groups in total. The number of aromatic nitrogens is 1. The van der Waals surface area contributed by atoms with Crippen LogP contribution < -0.4 is 5.32 Å². The number of thiazole rings is 1. The summed E-state index contributed by atoms with van der Waals surface area (Å²) >= 11 is 7.73. The predicted molar refractivity (Wildman–Crippen MR) is 91.9 cm³/mol. The number of halogens is 1. The van der Waals surface area contributed by atoms with Gasteiger partial charge in [-0.1, -0.05) is 23.7 Å². The molecule has 0 saturated carbocycles. The number of carbonyl (C=O) groups is 1. The quantitative estimate of drug-likeness (QED) is 0.890. The molecule has 0 unspecified atom stereocenters. The zero-order chi connectivity index (χ0) is 15.5. The van der Waals surface area contributed by atoms with Crippen molar-refractivity contribution in [3.63, 3.8) is 0 Å². The molecule has 0 atom stereocenters. The van der Waals surface area contributed by atoms with Crippen LogP contribution in [0, 0.1) is 6.92 Å². The molecule has 0 radical (unpaired) electrons. The Balaban J connectivity index is 1.56. The number of fused-ring (bicyclic) bond motifs is 1. The van der Waals surface area contributed by atoms with Gasteiger partial charge in [0.2, 0.25) is 5.91 Å². The molecule has 1 aliphatic rings. The fraction of sp³-hybridized carbons (Fsp3) is 0.412.